The van der Waals surface area contributed by atoms with E-state index in [0.717, 1.165) is 24.0 Å². The van der Waals surface area contributed by atoms with Crippen molar-refractivity contribution in [1.29, 1.82) is 0 Å². The Morgan fingerprint density at radius 2 is 1.78 bits per heavy atom. The van der Waals surface area contributed by atoms with Gasteiger partial charge in [0, 0.05) is 19.4 Å². The number of allylic oxidation sites excluding steroid dienone is 3. The fourth-order valence-corrected chi connectivity index (χ4v) is 6.02. The van der Waals surface area contributed by atoms with Crippen LogP contribution in [0.4, 0.5) is 4.79 Å². The molecule has 1 heterocycles. The van der Waals surface area contributed by atoms with E-state index in [2.05, 4.69) is 22.5 Å². The van der Waals surface area contributed by atoms with Crippen molar-refractivity contribution in [2.45, 2.75) is 104 Å². The number of hydrogen-bond acceptors (Lipinski definition) is 7. The third-order valence-electron chi connectivity index (χ3n) is 8.59. The number of ketones is 1. The van der Waals surface area contributed by atoms with Crippen LogP contribution in [-0.4, -0.2) is 77.7 Å². The summed E-state index contributed by atoms with van der Waals surface area (Å²) in [4.78, 5) is 78.6. The molecular formula is C33H49N5O7. The summed E-state index contributed by atoms with van der Waals surface area (Å²) in [5, 5.41) is 7.87. The van der Waals surface area contributed by atoms with E-state index in [1.165, 1.54) is 4.90 Å². The van der Waals surface area contributed by atoms with Gasteiger partial charge in [-0.2, -0.15) is 0 Å². The summed E-state index contributed by atoms with van der Waals surface area (Å²) in [7, 11) is 0. The van der Waals surface area contributed by atoms with Crippen LogP contribution < -0.4 is 21.7 Å². The molecule has 0 aromatic heterocycles. The predicted molar refractivity (Wildman–Crippen MR) is 168 cm³/mol. The first kappa shape index (κ1) is 35.5. The normalized spacial score (nSPS) is 23.0. The highest BCUT2D eigenvalue weighted by atomic mass is 16.5. The van der Waals surface area contributed by atoms with Gasteiger partial charge < -0.3 is 31.3 Å². The van der Waals surface area contributed by atoms with Gasteiger partial charge >= 0.3 is 12.0 Å². The van der Waals surface area contributed by atoms with E-state index in [1.54, 1.807) is 26.8 Å². The van der Waals surface area contributed by atoms with Crippen molar-refractivity contribution in [2.75, 3.05) is 13.1 Å². The third-order valence-corrected chi connectivity index (χ3v) is 8.59. The maximum atomic E-state index is 14.0. The number of urea groups is 1. The lowest BCUT2D eigenvalue weighted by Gasteiger charge is -2.35. The van der Waals surface area contributed by atoms with Gasteiger partial charge in [0.1, 0.15) is 24.7 Å². The molecule has 12 nitrogen and oxygen atoms in total. The van der Waals surface area contributed by atoms with Crippen molar-refractivity contribution < 1.29 is 33.5 Å². The van der Waals surface area contributed by atoms with E-state index in [4.69, 9.17) is 10.5 Å². The number of esters is 1. The highest BCUT2D eigenvalue weighted by molar-refractivity contribution is 6.37. The number of rotatable bonds is 14. The molecule has 0 aromatic carbocycles. The summed E-state index contributed by atoms with van der Waals surface area (Å²) in [6, 6.07) is -3.76. The maximum absolute atomic E-state index is 14.0. The molecule has 2 fully saturated rings. The first-order valence-electron chi connectivity index (χ1n) is 15.7. The number of carbonyl (C=O) groups is 6. The van der Waals surface area contributed by atoms with Gasteiger partial charge in [-0.05, 0) is 55.9 Å². The number of likely N-dealkylation sites (tertiary alicyclic amines) is 1. The average molecular weight is 628 g/mol. The van der Waals surface area contributed by atoms with Crippen LogP contribution in [0.3, 0.4) is 0 Å². The number of amides is 5. The number of Topliss-reactive ketones (excluding diaryl/α,β-unsaturated/α-hetero) is 1. The lowest BCUT2D eigenvalue weighted by molar-refractivity contribution is -0.147. The van der Waals surface area contributed by atoms with Gasteiger partial charge in [0.15, 0.2) is 0 Å². The predicted octanol–water partition coefficient (Wildman–Crippen LogP) is 2.43. The average Bonchev–Trinajstić information content (AvgIpc) is 3.57. The van der Waals surface area contributed by atoms with Gasteiger partial charge in [-0.3, -0.25) is 24.0 Å². The standard InChI is InChI=1S/C33H49N5O7/c1-7-9-21-15-25(30(42)36-24(14-20-11-12-20)27(40)29(34)41)38(18-21)31(43)28(33(4,5)6)37-32(44)35-17-26(39)45-23-13-19(3)22(16-23)10-8-2/h7-8,10,20-21,23-25,28H,1,9,11-18H2,2-6H3,(H2,34,41)(H,36,42)(H2,35,37,44)/b10-8-/t21-,23?,24?,25+,28-/m1/s1. The van der Waals surface area contributed by atoms with Gasteiger partial charge in [-0.15, -0.1) is 6.58 Å². The Morgan fingerprint density at radius 1 is 1.09 bits per heavy atom. The Bertz CT molecular complexity index is 1250. The molecule has 3 rings (SSSR count). The molecule has 1 saturated carbocycles. The summed E-state index contributed by atoms with van der Waals surface area (Å²) in [5.41, 5.74) is 6.77. The largest absolute Gasteiger partial charge is 0.460 e. The van der Waals surface area contributed by atoms with Crippen LogP contribution >= 0.6 is 0 Å². The molecule has 5 atom stereocenters. The van der Waals surface area contributed by atoms with Crippen molar-refractivity contribution >= 4 is 35.5 Å². The first-order chi connectivity index (χ1) is 21.1. The van der Waals surface area contributed by atoms with E-state index < -0.39 is 59.0 Å². The first-order valence-corrected chi connectivity index (χ1v) is 15.7. The molecule has 12 heteroatoms. The van der Waals surface area contributed by atoms with Crippen LogP contribution in [-0.2, 0) is 28.7 Å². The molecule has 0 spiro atoms. The molecule has 3 aliphatic rings. The Labute approximate surface area is 265 Å². The van der Waals surface area contributed by atoms with Crippen LogP contribution in [0.1, 0.15) is 79.6 Å². The van der Waals surface area contributed by atoms with Gasteiger partial charge in [-0.1, -0.05) is 57.4 Å². The minimum Gasteiger partial charge on any atom is -0.460 e. The molecule has 45 heavy (non-hydrogen) atoms. The van der Waals surface area contributed by atoms with Gasteiger partial charge in [0.05, 0.1) is 6.04 Å². The monoisotopic (exact) mass is 627 g/mol. The summed E-state index contributed by atoms with van der Waals surface area (Å²) in [6.45, 7) is 12.9. The molecule has 2 unspecified atom stereocenters. The molecule has 2 aliphatic carbocycles. The van der Waals surface area contributed by atoms with E-state index in [0.29, 0.717) is 32.1 Å². The number of nitrogens with two attached hydrogens (primary N) is 1. The second-order valence-corrected chi connectivity index (χ2v) is 13.6. The number of hydrogen-bond donors (Lipinski definition) is 4. The topological polar surface area (TPSA) is 177 Å². The van der Waals surface area contributed by atoms with E-state index in [1.807, 2.05) is 26.0 Å². The van der Waals surface area contributed by atoms with Crippen LogP contribution in [0.2, 0.25) is 0 Å². The minimum absolute atomic E-state index is 0.0674. The molecule has 5 N–H and O–H groups in total. The van der Waals surface area contributed by atoms with Gasteiger partial charge in [0.25, 0.3) is 5.91 Å². The maximum Gasteiger partial charge on any atom is 0.325 e. The Balaban J connectivity index is 1.66. The molecule has 5 amide bonds. The van der Waals surface area contributed by atoms with Crippen molar-refractivity contribution in [1.82, 2.24) is 20.9 Å². The zero-order valence-corrected chi connectivity index (χ0v) is 27.1. The number of primary amides is 1. The molecule has 0 radical (unpaired) electrons. The Morgan fingerprint density at radius 3 is 2.36 bits per heavy atom. The number of ether oxygens (including phenoxy) is 1. The molecule has 0 aromatic rings. The number of carbonyl (C=O) groups excluding carboxylic acids is 6. The second kappa shape index (κ2) is 15.4. The van der Waals surface area contributed by atoms with Gasteiger partial charge in [-0.25, -0.2) is 4.79 Å². The van der Waals surface area contributed by atoms with E-state index in [-0.39, 0.29) is 31.0 Å². The third kappa shape index (κ3) is 10.0. The molecule has 1 saturated heterocycles. The van der Waals surface area contributed by atoms with Crippen LogP contribution in [0.5, 0.6) is 0 Å². The smallest absolute Gasteiger partial charge is 0.325 e. The van der Waals surface area contributed by atoms with E-state index in [9.17, 15) is 28.8 Å². The lowest BCUT2D eigenvalue weighted by atomic mass is 9.85. The molecule has 0 bridgehead atoms. The zero-order valence-electron chi connectivity index (χ0n) is 27.1. The van der Waals surface area contributed by atoms with Crippen LogP contribution in [0.15, 0.2) is 36.0 Å². The fourth-order valence-electron chi connectivity index (χ4n) is 6.02. The highest BCUT2D eigenvalue weighted by Crippen LogP contribution is 2.34. The molecular weight excluding hydrogens is 578 g/mol. The Hall–Kier alpha value is -3.96. The van der Waals surface area contributed by atoms with E-state index >= 15 is 0 Å². The SMILES string of the molecule is C=CC[C@@H]1C[C@@H](C(=O)NC(CC2CC2)C(=O)C(N)=O)N(C(=O)[C@@H](NC(=O)NCC(=O)OC2CC(C)=C(/C=C\C)C2)C(C)(C)C)C1. The molecule has 248 valence electrons. The summed E-state index contributed by atoms with van der Waals surface area (Å²) < 4.78 is 5.54. The number of nitrogens with one attached hydrogen (secondary N) is 3. The number of nitrogens with zero attached hydrogens (tertiary/aromatic N) is 1. The van der Waals surface area contributed by atoms with Gasteiger partial charge in [0.2, 0.25) is 17.6 Å². The minimum atomic E-state index is -1.12. The summed E-state index contributed by atoms with van der Waals surface area (Å²) in [6.07, 6.45) is 9.62. The molecule has 1 aliphatic heterocycles. The van der Waals surface area contributed by atoms with Crippen molar-refractivity contribution in [3.05, 3.63) is 36.0 Å². The lowest BCUT2D eigenvalue weighted by Crippen LogP contribution is -2.60. The second-order valence-electron chi connectivity index (χ2n) is 13.6. The van der Waals surface area contributed by atoms with Crippen LogP contribution in [0, 0.1) is 17.3 Å². The zero-order chi connectivity index (χ0) is 33.5. The summed E-state index contributed by atoms with van der Waals surface area (Å²) >= 11 is 0. The highest BCUT2D eigenvalue weighted by Gasteiger charge is 2.45. The Kier molecular flexibility index (Phi) is 12.1. The summed E-state index contributed by atoms with van der Waals surface area (Å²) in [5.74, 6) is -3.44. The van der Waals surface area contributed by atoms with Crippen molar-refractivity contribution in [2.24, 2.45) is 23.0 Å². The van der Waals surface area contributed by atoms with Crippen molar-refractivity contribution in [3.63, 3.8) is 0 Å². The fraction of sp³-hybridized carbons (Fsp3) is 0.636. The van der Waals surface area contributed by atoms with Crippen LogP contribution in [0.25, 0.3) is 0 Å². The van der Waals surface area contributed by atoms with Crippen molar-refractivity contribution in [3.8, 4) is 0 Å². The quantitative estimate of drug-likeness (QED) is 0.130.